The summed E-state index contributed by atoms with van der Waals surface area (Å²) in [4.78, 5) is 28.1. The van der Waals surface area contributed by atoms with Gasteiger partial charge in [-0.25, -0.2) is 9.59 Å². The highest BCUT2D eigenvalue weighted by atomic mass is 35.5. The fourth-order valence-corrected chi connectivity index (χ4v) is 6.86. The van der Waals surface area contributed by atoms with Crippen LogP contribution >= 0.6 is 23.2 Å². The molecule has 1 saturated heterocycles. The number of aromatic amines is 1. The zero-order chi connectivity index (χ0) is 26.4. The minimum atomic E-state index is -0.915. The number of H-pyrrole nitrogens is 1. The van der Waals surface area contributed by atoms with Gasteiger partial charge in [0, 0.05) is 35.1 Å². The molecular weight excluding hydrogens is 527 g/mol. The second-order valence-corrected chi connectivity index (χ2v) is 11.2. The predicted molar refractivity (Wildman–Crippen MR) is 145 cm³/mol. The number of aromatic nitrogens is 1. The smallest absolute Gasteiger partial charge is 0.417 e. The molecule has 2 fully saturated rings. The molecule has 1 aromatic heterocycles. The van der Waals surface area contributed by atoms with E-state index in [1.807, 2.05) is 54.6 Å². The Labute approximate surface area is 228 Å². The number of ether oxygens (including phenoxy) is 1. The van der Waals surface area contributed by atoms with Crippen LogP contribution in [0.5, 0.6) is 5.75 Å². The minimum absolute atomic E-state index is 0.0822. The molecule has 9 heteroatoms. The molecule has 2 heterocycles. The maximum absolute atomic E-state index is 12.2. The fraction of sp³-hybridized carbons (Fsp3) is 0.310. The number of hydrogen-bond donors (Lipinski definition) is 2. The Morgan fingerprint density at radius 1 is 1.05 bits per heavy atom. The van der Waals surface area contributed by atoms with Gasteiger partial charge in [0.1, 0.15) is 11.4 Å². The first kappa shape index (κ1) is 24.9. The second kappa shape index (κ2) is 9.71. The molecule has 38 heavy (non-hydrogen) atoms. The minimum Gasteiger partial charge on any atom is -0.487 e. The van der Waals surface area contributed by atoms with Crippen LogP contribution < -0.4 is 10.5 Å². The van der Waals surface area contributed by atoms with E-state index in [1.54, 1.807) is 17.0 Å². The number of nitrogens with zero attached hydrogens (tertiary/aromatic N) is 1. The normalized spacial score (nSPS) is 24.6. The van der Waals surface area contributed by atoms with E-state index in [2.05, 4.69) is 4.98 Å². The van der Waals surface area contributed by atoms with Gasteiger partial charge in [0.15, 0.2) is 5.58 Å². The molecule has 3 aromatic carbocycles. The summed E-state index contributed by atoms with van der Waals surface area (Å²) in [5.74, 6) is 0.272. The Kier molecular flexibility index (Phi) is 6.36. The number of carbonyl (C=O) groups is 1. The maximum Gasteiger partial charge on any atom is 0.417 e. The van der Waals surface area contributed by atoms with Crippen LogP contribution in [-0.4, -0.2) is 39.3 Å². The van der Waals surface area contributed by atoms with Gasteiger partial charge in [-0.2, -0.15) is 0 Å². The third-order valence-corrected chi connectivity index (χ3v) is 8.74. The third kappa shape index (κ3) is 4.65. The molecule has 1 saturated carbocycles. The molecule has 0 radical (unpaired) electrons. The number of carboxylic acid groups (broad SMARTS) is 1. The van der Waals surface area contributed by atoms with E-state index in [-0.39, 0.29) is 17.9 Å². The molecular formula is C29H26Cl2N2O5. The Hall–Kier alpha value is -3.42. The number of likely N-dealkylation sites (tertiary alicyclic amines) is 1. The van der Waals surface area contributed by atoms with Crippen molar-refractivity contribution in [3.8, 4) is 5.75 Å². The number of halogens is 2. The fourth-order valence-electron chi connectivity index (χ4n) is 6.44. The first-order valence-electron chi connectivity index (χ1n) is 12.6. The van der Waals surface area contributed by atoms with Crippen LogP contribution in [-0.2, 0) is 12.8 Å². The number of oxazole rings is 1. The van der Waals surface area contributed by atoms with Crippen molar-refractivity contribution in [2.24, 2.45) is 11.8 Å². The summed E-state index contributed by atoms with van der Waals surface area (Å²) in [7, 11) is 0. The van der Waals surface area contributed by atoms with Gasteiger partial charge < -0.3 is 19.2 Å². The highest BCUT2D eigenvalue weighted by Crippen LogP contribution is 2.51. The van der Waals surface area contributed by atoms with Crippen LogP contribution in [0.3, 0.4) is 0 Å². The molecule has 196 valence electrons. The Bertz CT molecular complexity index is 1570. The number of rotatable bonds is 6. The predicted octanol–water partition coefficient (Wildman–Crippen LogP) is 6.42. The lowest BCUT2D eigenvalue weighted by atomic mass is 9.87. The quantitative estimate of drug-likeness (QED) is 0.287. The van der Waals surface area contributed by atoms with Gasteiger partial charge in [0.2, 0.25) is 0 Å². The van der Waals surface area contributed by atoms with Crippen LogP contribution in [0.1, 0.15) is 24.0 Å². The van der Waals surface area contributed by atoms with Gasteiger partial charge in [-0.15, -0.1) is 0 Å². The molecule has 7 nitrogen and oxygen atoms in total. The van der Waals surface area contributed by atoms with Crippen molar-refractivity contribution in [3.05, 3.63) is 98.5 Å². The Balaban J connectivity index is 1.35. The maximum atomic E-state index is 12.2. The monoisotopic (exact) mass is 552 g/mol. The topological polar surface area (TPSA) is 95.8 Å². The van der Waals surface area contributed by atoms with E-state index >= 15 is 0 Å². The van der Waals surface area contributed by atoms with Crippen molar-refractivity contribution < 1.29 is 19.1 Å². The second-order valence-electron chi connectivity index (χ2n) is 10.4. The average molecular weight is 553 g/mol. The summed E-state index contributed by atoms with van der Waals surface area (Å²) < 4.78 is 12.0. The van der Waals surface area contributed by atoms with E-state index < -0.39 is 17.5 Å². The van der Waals surface area contributed by atoms with Gasteiger partial charge >= 0.3 is 11.8 Å². The summed E-state index contributed by atoms with van der Waals surface area (Å²) in [6.07, 6.45) is 1.51. The first-order valence-corrected chi connectivity index (χ1v) is 13.3. The van der Waals surface area contributed by atoms with Gasteiger partial charge in [-0.1, -0.05) is 59.6 Å². The highest BCUT2D eigenvalue weighted by molar-refractivity contribution is 6.31. The van der Waals surface area contributed by atoms with Gasteiger partial charge in [0.05, 0.1) is 5.52 Å². The SMILES string of the molecule is O=C(O)N1C[C@H]2C[C@@](Cc3ccccc3Cl)(Oc3ccc4[nH]c(=O)oc4c3)C[C@H]2C1Cc1ccccc1Cl. The number of amides is 1. The number of nitrogens with one attached hydrogen (secondary N) is 1. The van der Waals surface area contributed by atoms with Crippen molar-refractivity contribution in [3.63, 3.8) is 0 Å². The molecule has 1 aliphatic heterocycles. The molecule has 1 amide bonds. The molecule has 0 bridgehead atoms. The summed E-state index contributed by atoms with van der Waals surface area (Å²) in [5, 5.41) is 11.3. The number of hydrogen-bond acceptors (Lipinski definition) is 4. The molecule has 0 spiro atoms. The number of fused-ring (bicyclic) bond motifs is 2. The van der Waals surface area contributed by atoms with E-state index in [9.17, 15) is 14.7 Å². The van der Waals surface area contributed by atoms with E-state index in [4.69, 9.17) is 32.4 Å². The molecule has 6 rings (SSSR count). The molecule has 1 aliphatic carbocycles. The average Bonchev–Trinajstić information content (AvgIpc) is 3.52. The molecule has 4 aromatic rings. The van der Waals surface area contributed by atoms with Crippen LogP contribution in [0.25, 0.3) is 11.1 Å². The van der Waals surface area contributed by atoms with Crippen LogP contribution in [0.2, 0.25) is 10.0 Å². The highest BCUT2D eigenvalue weighted by Gasteiger charge is 2.56. The van der Waals surface area contributed by atoms with Gasteiger partial charge in [-0.05, 0) is 66.5 Å². The Morgan fingerprint density at radius 2 is 1.76 bits per heavy atom. The largest absolute Gasteiger partial charge is 0.487 e. The lowest BCUT2D eigenvalue weighted by molar-refractivity contribution is 0.0554. The summed E-state index contributed by atoms with van der Waals surface area (Å²) in [5.41, 5.74) is 2.31. The lowest BCUT2D eigenvalue weighted by Crippen LogP contribution is -2.43. The van der Waals surface area contributed by atoms with E-state index in [0.717, 1.165) is 11.1 Å². The summed E-state index contributed by atoms with van der Waals surface area (Å²) in [6.45, 7) is 0.439. The Morgan fingerprint density at radius 3 is 2.47 bits per heavy atom. The zero-order valence-electron chi connectivity index (χ0n) is 20.4. The van der Waals surface area contributed by atoms with Gasteiger partial charge in [-0.3, -0.25) is 4.98 Å². The van der Waals surface area contributed by atoms with Crippen molar-refractivity contribution in [2.45, 2.75) is 37.3 Å². The van der Waals surface area contributed by atoms with Crippen molar-refractivity contribution >= 4 is 40.4 Å². The first-order chi connectivity index (χ1) is 18.3. The zero-order valence-corrected chi connectivity index (χ0v) is 21.9. The van der Waals surface area contributed by atoms with Crippen LogP contribution in [0.4, 0.5) is 4.79 Å². The summed E-state index contributed by atoms with van der Waals surface area (Å²) >= 11 is 13.0. The standard InChI is InChI=1S/C29H26Cl2N2O5/c30-22-7-3-1-5-17(22)11-25-21-15-29(13-18-6-2-4-8-23(18)31,14-19(21)16-33(25)28(35)36)38-20-9-10-24-26(12-20)37-27(34)32-24/h1-10,12,19,21,25H,11,13-16H2,(H,32,34)(H,35,36)/t19-,21-,25?,29-/m1/s1. The molecule has 4 atom stereocenters. The third-order valence-electron chi connectivity index (χ3n) is 8.00. The van der Waals surface area contributed by atoms with E-state index in [1.165, 1.54) is 0 Å². The molecule has 2 aliphatic rings. The van der Waals surface area contributed by atoms with E-state index in [0.29, 0.717) is 59.1 Å². The van der Waals surface area contributed by atoms with Crippen molar-refractivity contribution in [1.82, 2.24) is 9.88 Å². The van der Waals surface area contributed by atoms with Gasteiger partial charge in [0.25, 0.3) is 0 Å². The molecule has 1 unspecified atom stereocenters. The lowest BCUT2D eigenvalue weighted by Gasteiger charge is -2.34. The van der Waals surface area contributed by atoms with Crippen molar-refractivity contribution in [1.29, 1.82) is 0 Å². The summed E-state index contributed by atoms with van der Waals surface area (Å²) in [6, 6.07) is 20.4. The van der Waals surface area contributed by atoms with Crippen LogP contribution in [0, 0.1) is 11.8 Å². The van der Waals surface area contributed by atoms with Crippen molar-refractivity contribution in [2.75, 3.05) is 6.54 Å². The van der Waals surface area contributed by atoms with Crippen LogP contribution in [0.15, 0.2) is 75.9 Å². The molecule has 2 N–H and O–H groups in total. The number of benzene rings is 3.